The van der Waals surface area contributed by atoms with E-state index in [0.29, 0.717) is 34.5 Å². The van der Waals surface area contributed by atoms with Gasteiger partial charge in [-0.3, -0.25) is 9.59 Å². The number of nitrogens with one attached hydrogen (secondary N) is 3. The minimum Gasteiger partial charge on any atom is -0.506 e. The molecule has 3 aromatic carbocycles. The number of anilines is 1. The number of phenolic OH excluding ortho intramolecular Hbond substituents is 2. The minimum absolute atomic E-state index is 0.0145. The van der Waals surface area contributed by atoms with Crippen LogP contribution in [0, 0.1) is 0 Å². The van der Waals surface area contributed by atoms with Crippen molar-refractivity contribution in [3.63, 3.8) is 0 Å². The Labute approximate surface area is 225 Å². The number of benzene rings is 3. The van der Waals surface area contributed by atoms with Gasteiger partial charge in [0.2, 0.25) is 6.41 Å². The standard InChI is InChI=1S/C27H29Cl2N3O5/c1-27(2,32-14-24(35)17-6-9-23(34)22(11-17)31-15-33)12-16-4-3-5-18(10-16)26(37)30-13-19-20(28)7-8-21(29)25(19)36/h3-11,15,24,32,34-36H,12-14H2,1-2H3,(H,30,37)(H,31,33)/t24-/m1/s1. The minimum atomic E-state index is -0.876. The first-order valence-corrected chi connectivity index (χ1v) is 12.3. The SMILES string of the molecule is CC(C)(Cc1cccc(C(=O)NCc2c(Cl)ccc(Cl)c2O)c1)NC[C@@H](O)c1ccc(O)c(NC=O)c1. The Balaban J connectivity index is 1.61. The van der Waals surface area contributed by atoms with E-state index in [4.69, 9.17) is 23.2 Å². The van der Waals surface area contributed by atoms with Crippen LogP contribution in [-0.4, -0.2) is 39.7 Å². The number of β-amino-alcohol motifs (C(OH)–C–C–N with tert-alkyl or cyclic N) is 1. The topological polar surface area (TPSA) is 131 Å². The van der Waals surface area contributed by atoms with E-state index >= 15 is 0 Å². The first-order valence-electron chi connectivity index (χ1n) is 11.5. The van der Waals surface area contributed by atoms with Crippen LogP contribution in [0.1, 0.15) is 47.0 Å². The van der Waals surface area contributed by atoms with Crippen LogP contribution in [-0.2, 0) is 17.8 Å². The summed E-state index contributed by atoms with van der Waals surface area (Å²) in [6.07, 6.45) is 0.144. The maximum atomic E-state index is 12.8. The Morgan fingerprint density at radius 1 is 1.05 bits per heavy atom. The molecular weight excluding hydrogens is 517 g/mol. The van der Waals surface area contributed by atoms with E-state index in [1.807, 2.05) is 19.9 Å². The van der Waals surface area contributed by atoms with E-state index in [1.54, 1.807) is 30.3 Å². The molecule has 37 heavy (non-hydrogen) atoms. The number of phenols is 2. The summed E-state index contributed by atoms with van der Waals surface area (Å²) in [6.45, 7) is 4.20. The highest BCUT2D eigenvalue weighted by atomic mass is 35.5. The average molecular weight is 546 g/mol. The molecule has 0 heterocycles. The third-order valence-electron chi connectivity index (χ3n) is 5.83. The van der Waals surface area contributed by atoms with Crippen LogP contribution < -0.4 is 16.0 Å². The first kappa shape index (κ1) is 28.3. The van der Waals surface area contributed by atoms with E-state index in [0.717, 1.165) is 5.56 Å². The lowest BCUT2D eigenvalue weighted by molar-refractivity contribution is -0.105. The number of aliphatic hydroxyl groups is 1. The van der Waals surface area contributed by atoms with Crippen LogP contribution in [0.3, 0.4) is 0 Å². The summed E-state index contributed by atoms with van der Waals surface area (Å²) in [7, 11) is 0. The molecule has 3 aromatic rings. The number of carbonyl (C=O) groups excluding carboxylic acids is 2. The van der Waals surface area contributed by atoms with Crippen molar-refractivity contribution in [1.29, 1.82) is 0 Å². The van der Waals surface area contributed by atoms with Crippen molar-refractivity contribution in [2.75, 3.05) is 11.9 Å². The highest BCUT2D eigenvalue weighted by Gasteiger charge is 2.21. The second-order valence-corrected chi connectivity index (χ2v) is 10.0. The molecule has 0 aliphatic heterocycles. The Kier molecular flexibility index (Phi) is 9.39. The van der Waals surface area contributed by atoms with Crippen molar-refractivity contribution < 1.29 is 24.9 Å². The monoisotopic (exact) mass is 545 g/mol. The molecule has 3 rings (SSSR count). The molecule has 8 nitrogen and oxygen atoms in total. The fourth-order valence-electron chi connectivity index (χ4n) is 3.85. The van der Waals surface area contributed by atoms with Gasteiger partial charge in [-0.25, -0.2) is 0 Å². The maximum absolute atomic E-state index is 12.8. The molecule has 0 radical (unpaired) electrons. The summed E-state index contributed by atoms with van der Waals surface area (Å²) in [5, 5.41) is 39.5. The zero-order valence-electron chi connectivity index (χ0n) is 20.4. The number of hydrogen-bond acceptors (Lipinski definition) is 6. The molecule has 0 bridgehead atoms. The Morgan fingerprint density at radius 3 is 2.51 bits per heavy atom. The summed E-state index contributed by atoms with van der Waals surface area (Å²) >= 11 is 12.1. The lowest BCUT2D eigenvalue weighted by atomic mass is 9.93. The highest BCUT2D eigenvalue weighted by Crippen LogP contribution is 2.32. The van der Waals surface area contributed by atoms with Crippen LogP contribution in [0.4, 0.5) is 5.69 Å². The van der Waals surface area contributed by atoms with Crippen molar-refractivity contribution in [2.45, 2.75) is 38.5 Å². The van der Waals surface area contributed by atoms with Crippen molar-refractivity contribution in [3.05, 3.63) is 86.9 Å². The molecule has 196 valence electrons. The number of aliphatic hydroxyl groups excluding tert-OH is 1. The maximum Gasteiger partial charge on any atom is 0.251 e. The molecule has 6 N–H and O–H groups in total. The predicted octanol–water partition coefficient (Wildman–Crippen LogP) is 4.55. The molecule has 10 heteroatoms. The largest absolute Gasteiger partial charge is 0.506 e. The Hall–Kier alpha value is -3.30. The second kappa shape index (κ2) is 12.3. The van der Waals surface area contributed by atoms with Gasteiger partial charge in [0.25, 0.3) is 5.91 Å². The van der Waals surface area contributed by atoms with Crippen molar-refractivity contribution >= 4 is 41.2 Å². The Morgan fingerprint density at radius 2 is 1.78 bits per heavy atom. The van der Waals surface area contributed by atoms with E-state index in [2.05, 4.69) is 16.0 Å². The van der Waals surface area contributed by atoms with E-state index in [1.165, 1.54) is 18.2 Å². The average Bonchev–Trinajstić information content (AvgIpc) is 2.86. The second-order valence-electron chi connectivity index (χ2n) is 9.24. The van der Waals surface area contributed by atoms with Gasteiger partial charge in [-0.1, -0.05) is 41.4 Å². The molecule has 0 aliphatic carbocycles. The normalized spacial score (nSPS) is 12.1. The number of aromatic hydroxyl groups is 2. The van der Waals surface area contributed by atoms with Gasteiger partial charge in [0.1, 0.15) is 11.5 Å². The van der Waals surface area contributed by atoms with Crippen LogP contribution in [0.15, 0.2) is 54.6 Å². The molecule has 0 aliphatic rings. The third kappa shape index (κ3) is 7.60. The van der Waals surface area contributed by atoms with Gasteiger partial charge in [-0.15, -0.1) is 0 Å². The van der Waals surface area contributed by atoms with Crippen LogP contribution in [0.25, 0.3) is 0 Å². The number of hydrogen-bond donors (Lipinski definition) is 6. The highest BCUT2D eigenvalue weighted by molar-refractivity contribution is 6.34. The molecular formula is C27H29Cl2N3O5. The summed E-state index contributed by atoms with van der Waals surface area (Å²) < 4.78 is 0. The van der Waals surface area contributed by atoms with Gasteiger partial charge in [-0.2, -0.15) is 0 Å². The third-order valence-corrected chi connectivity index (χ3v) is 6.49. The summed E-state index contributed by atoms with van der Waals surface area (Å²) in [4.78, 5) is 23.5. The molecule has 1 atom stereocenters. The molecule has 0 spiro atoms. The predicted molar refractivity (Wildman–Crippen MR) is 144 cm³/mol. The van der Waals surface area contributed by atoms with E-state index in [-0.39, 0.29) is 41.2 Å². The number of carbonyl (C=O) groups is 2. The van der Waals surface area contributed by atoms with Crippen LogP contribution >= 0.6 is 23.2 Å². The molecule has 0 saturated heterocycles. The van der Waals surface area contributed by atoms with Crippen LogP contribution in [0.5, 0.6) is 11.5 Å². The van der Waals surface area contributed by atoms with Gasteiger partial charge >= 0.3 is 0 Å². The van der Waals surface area contributed by atoms with E-state index in [9.17, 15) is 24.9 Å². The first-order chi connectivity index (χ1) is 17.5. The lowest BCUT2D eigenvalue weighted by Crippen LogP contribution is -2.43. The molecule has 0 aromatic heterocycles. The summed E-state index contributed by atoms with van der Waals surface area (Å²) in [6, 6.07) is 14.7. The van der Waals surface area contributed by atoms with Crippen LogP contribution in [0.2, 0.25) is 10.0 Å². The smallest absolute Gasteiger partial charge is 0.251 e. The summed E-state index contributed by atoms with van der Waals surface area (Å²) in [5.74, 6) is -0.583. The molecule has 0 unspecified atom stereocenters. The molecule has 0 fully saturated rings. The van der Waals surface area contributed by atoms with Gasteiger partial charge < -0.3 is 31.3 Å². The Bertz CT molecular complexity index is 1280. The van der Waals surface area contributed by atoms with Crippen molar-refractivity contribution in [1.82, 2.24) is 10.6 Å². The zero-order valence-corrected chi connectivity index (χ0v) is 21.9. The zero-order chi connectivity index (χ0) is 27.2. The van der Waals surface area contributed by atoms with Crippen molar-refractivity contribution in [2.24, 2.45) is 0 Å². The fraction of sp³-hybridized carbons (Fsp3) is 0.259. The fourth-order valence-corrected chi connectivity index (χ4v) is 4.24. The lowest BCUT2D eigenvalue weighted by Gasteiger charge is -2.28. The van der Waals surface area contributed by atoms with Gasteiger partial charge in [0.15, 0.2) is 0 Å². The molecule has 0 saturated carbocycles. The summed E-state index contributed by atoms with van der Waals surface area (Å²) in [5.41, 5.74) is 2.02. The molecule has 2 amide bonds. The van der Waals surface area contributed by atoms with Gasteiger partial charge in [0, 0.05) is 34.8 Å². The van der Waals surface area contributed by atoms with Gasteiger partial charge in [-0.05, 0) is 67.8 Å². The van der Waals surface area contributed by atoms with E-state index < -0.39 is 11.6 Å². The number of halogens is 2. The van der Waals surface area contributed by atoms with Gasteiger partial charge in [0.05, 0.1) is 16.8 Å². The quantitative estimate of drug-likeness (QED) is 0.155. The number of amides is 2. The number of rotatable bonds is 11. The van der Waals surface area contributed by atoms with Crippen molar-refractivity contribution in [3.8, 4) is 11.5 Å².